The SMILES string of the molecule is Cn1cccc1C(=O)NCc1ccc(S(N)(=O)=O)s1. The Labute approximate surface area is 114 Å². The van der Waals surface area contributed by atoms with Crippen molar-refractivity contribution < 1.29 is 13.2 Å². The molecule has 0 aliphatic heterocycles. The maximum Gasteiger partial charge on any atom is 0.268 e. The van der Waals surface area contributed by atoms with Gasteiger partial charge in [-0.2, -0.15) is 0 Å². The highest BCUT2D eigenvalue weighted by Gasteiger charge is 2.12. The molecule has 0 saturated heterocycles. The topological polar surface area (TPSA) is 94.2 Å². The second-order valence-electron chi connectivity index (χ2n) is 3.95. The van der Waals surface area contributed by atoms with Gasteiger partial charge < -0.3 is 9.88 Å². The number of nitrogens with zero attached hydrogens (tertiary/aromatic N) is 1. The highest BCUT2D eigenvalue weighted by Crippen LogP contribution is 2.20. The number of hydrogen-bond acceptors (Lipinski definition) is 4. The third-order valence-electron chi connectivity index (χ3n) is 2.52. The molecule has 0 aromatic carbocycles. The van der Waals surface area contributed by atoms with Crippen LogP contribution in [-0.2, 0) is 23.6 Å². The number of aryl methyl sites for hydroxylation is 1. The van der Waals surface area contributed by atoms with E-state index in [1.165, 1.54) is 6.07 Å². The first-order valence-electron chi connectivity index (χ1n) is 5.39. The van der Waals surface area contributed by atoms with Crippen LogP contribution in [0.5, 0.6) is 0 Å². The molecule has 1 amide bonds. The Kier molecular flexibility index (Phi) is 3.74. The zero-order valence-electron chi connectivity index (χ0n) is 10.2. The molecule has 0 saturated carbocycles. The molecule has 2 rings (SSSR count). The molecule has 19 heavy (non-hydrogen) atoms. The van der Waals surface area contributed by atoms with Gasteiger partial charge in [-0.25, -0.2) is 13.6 Å². The van der Waals surface area contributed by atoms with Crippen molar-refractivity contribution in [1.82, 2.24) is 9.88 Å². The van der Waals surface area contributed by atoms with E-state index in [1.54, 1.807) is 36.0 Å². The number of nitrogens with two attached hydrogens (primary N) is 1. The summed E-state index contributed by atoms with van der Waals surface area (Å²) in [6.45, 7) is 0.268. The lowest BCUT2D eigenvalue weighted by Gasteiger charge is -2.04. The van der Waals surface area contributed by atoms with Crippen LogP contribution in [0.1, 0.15) is 15.4 Å². The molecule has 2 heterocycles. The summed E-state index contributed by atoms with van der Waals surface area (Å²) in [5, 5.41) is 7.74. The molecule has 0 bridgehead atoms. The van der Waals surface area contributed by atoms with Crippen LogP contribution in [0.2, 0.25) is 0 Å². The van der Waals surface area contributed by atoms with E-state index in [2.05, 4.69) is 5.32 Å². The molecule has 0 spiro atoms. The summed E-state index contributed by atoms with van der Waals surface area (Å²) >= 11 is 1.05. The standard InChI is InChI=1S/C11H13N3O3S2/c1-14-6-2-3-9(14)11(15)13-7-8-4-5-10(18-8)19(12,16)17/h2-6H,7H2,1H3,(H,13,15)(H2,12,16,17). The molecule has 0 radical (unpaired) electrons. The Morgan fingerprint density at radius 3 is 2.68 bits per heavy atom. The fraction of sp³-hybridized carbons (Fsp3) is 0.182. The summed E-state index contributed by atoms with van der Waals surface area (Å²) in [6.07, 6.45) is 1.78. The van der Waals surface area contributed by atoms with Gasteiger partial charge in [0.25, 0.3) is 5.91 Å². The highest BCUT2D eigenvalue weighted by atomic mass is 32.2. The maximum atomic E-state index is 11.8. The molecule has 0 unspecified atom stereocenters. The smallest absolute Gasteiger partial charge is 0.268 e. The van der Waals surface area contributed by atoms with Crippen molar-refractivity contribution in [3.63, 3.8) is 0 Å². The minimum absolute atomic E-state index is 0.0932. The molecular weight excluding hydrogens is 286 g/mol. The van der Waals surface area contributed by atoms with Crippen LogP contribution in [0.15, 0.2) is 34.7 Å². The third-order valence-corrected chi connectivity index (χ3v) is 5.04. The monoisotopic (exact) mass is 299 g/mol. The minimum atomic E-state index is -3.67. The van der Waals surface area contributed by atoms with Gasteiger partial charge >= 0.3 is 0 Å². The summed E-state index contributed by atoms with van der Waals surface area (Å²) < 4.78 is 24.0. The van der Waals surface area contributed by atoms with E-state index in [0.29, 0.717) is 5.69 Å². The van der Waals surface area contributed by atoms with Gasteiger partial charge in [-0.3, -0.25) is 4.79 Å². The lowest BCUT2D eigenvalue weighted by atomic mass is 10.4. The Morgan fingerprint density at radius 2 is 2.16 bits per heavy atom. The molecular formula is C11H13N3O3S2. The molecule has 0 aliphatic rings. The van der Waals surface area contributed by atoms with Crippen molar-refractivity contribution in [2.45, 2.75) is 10.8 Å². The van der Waals surface area contributed by atoms with Crippen LogP contribution in [0, 0.1) is 0 Å². The molecule has 3 N–H and O–H groups in total. The fourth-order valence-corrected chi connectivity index (χ4v) is 3.28. The zero-order valence-corrected chi connectivity index (χ0v) is 11.8. The first-order valence-corrected chi connectivity index (χ1v) is 7.75. The van der Waals surface area contributed by atoms with Gasteiger partial charge in [0.05, 0.1) is 6.54 Å². The average molecular weight is 299 g/mol. The first-order chi connectivity index (χ1) is 8.88. The van der Waals surface area contributed by atoms with Gasteiger partial charge in [0.15, 0.2) is 0 Å². The Hall–Kier alpha value is -1.64. The lowest BCUT2D eigenvalue weighted by molar-refractivity contribution is 0.0943. The maximum absolute atomic E-state index is 11.8. The predicted octanol–water partition coefficient (Wildman–Crippen LogP) is 0.664. The van der Waals surface area contributed by atoms with E-state index in [9.17, 15) is 13.2 Å². The number of thiophene rings is 1. The van der Waals surface area contributed by atoms with E-state index in [0.717, 1.165) is 16.2 Å². The fourth-order valence-electron chi connectivity index (χ4n) is 1.56. The first kappa shape index (κ1) is 13.8. The molecule has 102 valence electrons. The summed E-state index contributed by atoms with van der Waals surface area (Å²) in [7, 11) is -1.89. The molecule has 0 aliphatic carbocycles. The van der Waals surface area contributed by atoms with Crippen LogP contribution in [0.3, 0.4) is 0 Å². The summed E-state index contributed by atoms with van der Waals surface area (Å²) in [4.78, 5) is 12.6. The molecule has 0 atom stereocenters. The second-order valence-corrected chi connectivity index (χ2v) is 6.91. The van der Waals surface area contributed by atoms with E-state index >= 15 is 0 Å². The predicted molar refractivity (Wildman–Crippen MR) is 72.3 cm³/mol. The largest absolute Gasteiger partial charge is 0.347 e. The Balaban J connectivity index is 2.02. The van der Waals surface area contributed by atoms with Gasteiger partial charge in [0, 0.05) is 18.1 Å². The van der Waals surface area contributed by atoms with E-state index in [4.69, 9.17) is 5.14 Å². The number of aromatic nitrogens is 1. The molecule has 2 aromatic rings. The van der Waals surface area contributed by atoms with Crippen LogP contribution in [0.25, 0.3) is 0 Å². The molecule has 2 aromatic heterocycles. The quantitative estimate of drug-likeness (QED) is 0.868. The van der Waals surface area contributed by atoms with Crippen molar-refractivity contribution in [3.05, 3.63) is 41.0 Å². The van der Waals surface area contributed by atoms with Gasteiger partial charge in [-0.05, 0) is 24.3 Å². The Bertz CT molecular complexity index is 700. The van der Waals surface area contributed by atoms with Crippen LogP contribution < -0.4 is 10.5 Å². The Morgan fingerprint density at radius 1 is 1.42 bits per heavy atom. The van der Waals surface area contributed by atoms with Gasteiger partial charge in [0.2, 0.25) is 10.0 Å². The van der Waals surface area contributed by atoms with Crippen molar-refractivity contribution in [1.29, 1.82) is 0 Å². The number of amides is 1. The van der Waals surface area contributed by atoms with Crippen molar-refractivity contribution >= 4 is 27.3 Å². The van der Waals surface area contributed by atoms with Crippen LogP contribution in [0.4, 0.5) is 0 Å². The van der Waals surface area contributed by atoms with Gasteiger partial charge in [-0.15, -0.1) is 11.3 Å². The van der Waals surface area contributed by atoms with Crippen molar-refractivity contribution in [2.75, 3.05) is 0 Å². The number of sulfonamides is 1. The zero-order chi connectivity index (χ0) is 14.0. The summed E-state index contributed by atoms with van der Waals surface area (Å²) in [5.74, 6) is -0.210. The van der Waals surface area contributed by atoms with Crippen LogP contribution in [-0.4, -0.2) is 18.9 Å². The number of rotatable bonds is 4. The van der Waals surface area contributed by atoms with Gasteiger partial charge in [0.1, 0.15) is 9.90 Å². The van der Waals surface area contributed by atoms with Crippen molar-refractivity contribution in [2.24, 2.45) is 12.2 Å². The number of nitrogens with one attached hydrogen (secondary N) is 1. The normalized spacial score (nSPS) is 11.5. The molecule has 6 nitrogen and oxygen atoms in total. The summed E-state index contributed by atoms with van der Waals surface area (Å²) in [5.41, 5.74) is 0.545. The number of primary sulfonamides is 1. The van der Waals surface area contributed by atoms with Gasteiger partial charge in [-0.1, -0.05) is 0 Å². The average Bonchev–Trinajstić information content (AvgIpc) is 2.93. The number of hydrogen-bond donors (Lipinski definition) is 2. The second kappa shape index (κ2) is 5.16. The van der Waals surface area contributed by atoms with E-state index < -0.39 is 10.0 Å². The molecule has 0 fully saturated rings. The summed E-state index contributed by atoms with van der Waals surface area (Å²) in [6, 6.07) is 6.55. The minimum Gasteiger partial charge on any atom is -0.347 e. The highest BCUT2D eigenvalue weighted by molar-refractivity contribution is 7.91. The molecule has 8 heteroatoms. The number of carbonyl (C=O) groups is 1. The van der Waals surface area contributed by atoms with E-state index in [-0.39, 0.29) is 16.7 Å². The number of carbonyl (C=O) groups excluding carboxylic acids is 1. The van der Waals surface area contributed by atoms with E-state index in [1.807, 2.05) is 0 Å². The van der Waals surface area contributed by atoms with Crippen molar-refractivity contribution in [3.8, 4) is 0 Å². The third kappa shape index (κ3) is 3.22. The lowest BCUT2D eigenvalue weighted by Crippen LogP contribution is -2.24. The van der Waals surface area contributed by atoms with Crippen LogP contribution >= 0.6 is 11.3 Å².